The second kappa shape index (κ2) is 8.94. The first-order valence-electron chi connectivity index (χ1n) is 7.48. The average Bonchev–Trinajstić information content (AvgIpc) is 2.44. The molecule has 1 N–H and O–H groups in total. The van der Waals surface area contributed by atoms with E-state index in [-0.39, 0.29) is 6.10 Å². The van der Waals surface area contributed by atoms with Crippen LogP contribution in [-0.4, -0.2) is 70.0 Å². The molecule has 7 heteroatoms. The van der Waals surface area contributed by atoms with Crippen LogP contribution in [0.2, 0.25) is 0 Å². The summed E-state index contributed by atoms with van der Waals surface area (Å²) in [5.74, 6) is 0. The third-order valence-corrected chi connectivity index (χ3v) is 5.51. The predicted molar refractivity (Wildman–Crippen MR) is 80.9 cm³/mol. The molecule has 0 bridgehead atoms. The zero-order valence-corrected chi connectivity index (χ0v) is 13.8. The van der Waals surface area contributed by atoms with E-state index in [9.17, 15) is 8.42 Å². The summed E-state index contributed by atoms with van der Waals surface area (Å²) >= 11 is 0. The summed E-state index contributed by atoms with van der Waals surface area (Å²) in [6.07, 6.45) is 4.01. The molecule has 1 unspecified atom stereocenters. The quantitative estimate of drug-likeness (QED) is 0.636. The molecule has 120 valence electrons. The Labute approximate surface area is 123 Å². The number of rotatable bonds is 9. The lowest BCUT2D eigenvalue weighted by molar-refractivity contribution is 0.00805. The van der Waals surface area contributed by atoms with Crippen molar-refractivity contribution in [2.75, 3.05) is 46.9 Å². The molecule has 0 saturated carbocycles. The summed E-state index contributed by atoms with van der Waals surface area (Å²) in [6.45, 7) is 5.52. The van der Waals surface area contributed by atoms with Crippen LogP contribution in [0.4, 0.5) is 0 Å². The van der Waals surface area contributed by atoms with Crippen molar-refractivity contribution in [2.24, 2.45) is 0 Å². The average molecular weight is 307 g/mol. The second-order valence-electron chi connectivity index (χ2n) is 5.31. The summed E-state index contributed by atoms with van der Waals surface area (Å²) in [4.78, 5) is 0. The van der Waals surface area contributed by atoms with Crippen LogP contribution in [0.1, 0.15) is 32.6 Å². The molecule has 1 atom stereocenters. The SMILES string of the molecule is CCNCCCN(C)S(=O)(=O)N(C)CC1CCCCO1. The Morgan fingerprint density at radius 3 is 2.60 bits per heavy atom. The standard InChI is InChI=1S/C13H29N3O3S/c1-4-14-9-7-10-15(2)20(17,18)16(3)12-13-8-5-6-11-19-13/h13-14H,4-12H2,1-3H3. The Balaban J connectivity index is 2.40. The molecule has 1 saturated heterocycles. The Morgan fingerprint density at radius 1 is 1.25 bits per heavy atom. The molecule has 0 radical (unpaired) electrons. The second-order valence-corrected chi connectivity index (χ2v) is 7.45. The van der Waals surface area contributed by atoms with Gasteiger partial charge in [0.2, 0.25) is 0 Å². The molecule has 0 aliphatic carbocycles. The van der Waals surface area contributed by atoms with E-state index in [0.717, 1.165) is 45.4 Å². The largest absolute Gasteiger partial charge is 0.377 e. The first kappa shape index (κ1) is 17.8. The molecule has 1 heterocycles. The summed E-state index contributed by atoms with van der Waals surface area (Å²) in [7, 11) is -0.0952. The number of likely N-dealkylation sites (N-methyl/N-ethyl adjacent to an activating group) is 1. The minimum Gasteiger partial charge on any atom is -0.377 e. The minimum absolute atomic E-state index is 0.0404. The third kappa shape index (κ3) is 5.65. The highest BCUT2D eigenvalue weighted by Crippen LogP contribution is 2.15. The van der Waals surface area contributed by atoms with E-state index in [2.05, 4.69) is 5.32 Å². The van der Waals surface area contributed by atoms with E-state index >= 15 is 0 Å². The predicted octanol–water partition coefficient (Wildman–Crippen LogP) is 0.664. The molecule has 0 amide bonds. The monoisotopic (exact) mass is 307 g/mol. The van der Waals surface area contributed by atoms with Crippen molar-refractivity contribution in [1.29, 1.82) is 0 Å². The van der Waals surface area contributed by atoms with E-state index in [1.54, 1.807) is 14.1 Å². The number of hydrogen-bond acceptors (Lipinski definition) is 4. The van der Waals surface area contributed by atoms with Gasteiger partial charge in [0, 0.05) is 33.8 Å². The summed E-state index contributed by atoms with van der Waals surface area (Å²) in [6, 6.07) is 0. The van der Waals surface area contributed by atoms with E-state index < -0.39 is 10.2 Å². The fourth-order valence-corrected chi connectivity index (χ4v) is 3.48. The third-order valence-electron chi connectivity index (χ3n) is 3.60. The number of ether oxygens (including phenoxy) is 1. The highest BCUT2D eigenvalue weighted by atomic mass is 32.2. The molecule has 0 aromatic heterocycles. The van der Waals surface area contributed by atoms with Crippen LogP contribution in [0.15, 0.2) is 0 Å². The molecule has 1 fully saturated rings. The van der Waals surface area contributed by atoms with Gasteiger partial charge in [-0.05, 0) is 38.8 Å². The Morgan fingerprint density at radius 2 is 2.00 bits per heavy atom. The Bertz CT molecular complexity index is 356. The van der Waals surface area contributed by atoms with Crippen LogP contribution in [0, 0.1) is 0 Å². The van der Waals surface area contributed by atoms with Crippen LogP contribution in [0.3, 0.4) is 0 Å². The summed E-state index contributed by atoms with van der Waals surface area (Å²) in [5.41, 5.74) is 0. The van der Waals surface area contributed by atoms with Crippen LogP contribution < -0.4 is 5.32 Å². The highest BCUT2D eigenvalue weighted by Gasteiger charge is 2.26. The zero-order chi connectivity index (χ0) is 15.0. The number of hydrogen-bond donors (Lipinski definition) is 1. The molecular formula is C13H29N3O3S. The van der Waals surface area contributed by atoms with Gasteiger partial charge in [0.05, 0.1) is 6.10 Å². The molecule has 6 nitrogen and oxygen atoms in total. The first-order valence-corrected chi connectivity index (χ1v) is 8.88. The van der Waals surface area contributed by atoms with Crippen LogP contribution in [0.5, 0.6) is 0 Å². The first-order chi connectivity index (χ1) is 9.48. The number of nitrogens with one attached hydrogen (secondary N) is 1. The van der Waals surface area contributed by atoms with Crippen molar-refractivity contribution >= 4 is 10.2 Å². The molecule has 0 aromatic carbocycles. The van der Waals surface area contributed by atoms with E-state index in [1.807, 2.05) is 6.92 Å². The molecule has 20 heavy (non-hydrogen) atoms. The fraction of sp³-hybridized carbons (Fsp3) is 1.00. The van der Waals surface area contributed by atoms with Crippen LogP contribution >= 0.6 is 0 Å². The maximum absolute atomic E-state index is 12.3. The van der Waals surface area contributed by atoms with Crippen molar-refractivity contribution in [2.45, 2.75) is 38.7 Å². The minimum atomic E-state index is -3.37. The van der Waals surface area contributed by atoms with Crippen molar-refractivity contribution in [1.82, 2.24) is 13.9 Å². The van der Waals surface area contributed by atoms with Gasteiger partial charge >= 0.3 is 0 Å². The molecule has 1 rings (SSSR count). The topological polar surface area (TPSA) is 61.9 Å². The van der Waals surface area contributed by atoms with E-state index in [0.29, 0.717) is 13.1 Å². The lowest BCUT2D eigenvalue weighted by Crippen LogP contribution is -2.44. The molecule has 1 aliphatic heterocycles. The maximum atomic E-state index is 12.3. The van der Waals surface area contributed by atoms with E-state index in [1.165, 1.54) is 8.61 Å². The van der Waals surface area contributed by atoms with Gasteiger partial charge in [-0.1, -0.05) is 6.92 Å². The van der Waals surface area contributed by atoms with Gasteiger partial charge < -0.3 is 10.1 Å². The smallest absolute Gasteiger partial charge is 0.281 e. The summed E-state index contributed by atoms with van der Waals surface area (Å²) < 4.78 is 33.1. The van der Waals surface area contributed by atoms with Crippen molar-refractivity contribution in [3.05, 3.63) is 0 Å². The van der Waals surface area contributed by atoms with Gasteiger partial charge in [-0.2, -0.15) is 17.0 Å². The van der Waals surface area contributed by atoms with E-state index in [4.69, 9.17) is 4.74 Å². The van der Waals surface area contributed by atoms with Crippen molar-refractivity contribution in [3.63, 3.8) is 0 Å². The van der Waals surface area contributed by atoms with Gasteiger partial charge in [-0.15, -0.1) is 0 Å². The molecule has 0 spiro atoms. The fourth-order valence-electron chi connectivity index (χ4n) is 2.29. The van der Waals surface area contributed by atoms with Gasteiger partial charge in [0.15, 0.2) is 0 Å². The number of nitrogens with zero attached hydrogens (tertiary/aromatic N) is 2. The Kier molecular flexibility index (Phi) is 7.98. The Hall–Kier alpha value is -0.210. The van der Waals surface area contributed by atoms with Gasteiger partial charge in [-0.25, -0.2) is 0 Å². The molecule has 0 aromatic rings. The normalized spacial score (nSPS) is 20.8. The summed E-state index contributed by atoms with van der Waals surface area (Å²) in [5, 5.41) is 3.19. The molecule has 1 aliphatic rings. The highest BCUT2D eigenvalue weighted by molar-refractivity contribution is 7.86. The lowest BCUT2D eigenvalue weighted by Gasteiger charge is -2.29. The van der Waals surface area contributed by atoms with Crippen molar-refractivity contribution in [3.8, 4) is 0 Å². The zero-order valence-electron chi connectivity index (χ0n) is 13.0. The molecular weight excluding hydrogens is 278 g/mol. The van der Waals surface area contributed by atoms with Gasteiger partial charge in [0.1, 0.15) is 0 Å². The van der Waals surface area contributed by atoms with Gasteiger partial charge in [0.25, 0.3) is 10.2 Å². The van der Waals surface area contributed by atoms with Gasteiger partial charge in [-0.3, -0.25) is 0 Å². The lowest BCUT2D eigenvalue weighted by atomic mass is 10.1. The van der Waals surface area contributed by atoms with Crippen LogP contribution in [-0.2, 0) is 14.9 Å². The van der Waals surface area contributed by atoms with Crippen molar-refractivity contribution < 1.29 is 13.2 Å². The van der Waals surface area contributed by atoms with Crippen LogP contribution in [0.25, 0.3) is 0 Å². The maximum Gasteiger partial charge on any atom is 0.281 e.